The van der Waals surface area contributed by atoms with Gasteiger partial charge in [0.25, 0.3) is 0 Å². The number of piperidine rings is 1. The Balaban J connectivity index is 2.11. The molecule has 1 aromatic carbocycles. The zero-order valence-corrected chi connectivity index (χ0v) is 10.7. The molecule has 88 valence electrons. The van der Waals surface area contributed by atoms with Gasteiger partial charge < -0.3 is 4.90 Å². The normalized spacial score (nSPS) is 19.2. The van der Waals surface area contributed by atoms with Crippen LogP contribution in [-0.2, 0) is 0 Å². The number of benzene rings is 1. The van der Waals surface area contributed by atoms with E-state index in [2.05, 4.69) is 50.1 Å². The van der Waals surface area contributed by atoms with Crippen LogP contribution < -0.4 is 0 Å². The Morgan fingerprint density at radius 3 is 2.50 bits per heavy atom. The summed E-state index contributed by atoms with van der Waals surface area (Å²) in [6, 6.07) is 9.20. The number of likely N-dealkylation sites (tertiary alicyclic amines) is 1. The Labute approximate surface area is 99.5 Å². The van der Waals surface area contributed by atoms with E-state index >= 15 is 0 Å². The molecule has 0 aromatic heterocycles. The van der Waals surface area contributed by atoms with Gasteiger partial charge >= 0.3 is 0 Å². The number of hydrogen-bond donors (Lipinski definition) is 0. The summed E-state index contributed by atoms with van der Waals surface area (Å²) in [6.07, 6.45) is 2.64. The van der Waals surface area contributed by atoms with Crippen molar-refractivity contribution >= 4 is 0 Å². The molecule has 2 rings (SSSR count). The van der Waals surface area contributed by atoms with Crippen LogP contribution in [0.3, 0.4) is 0 Å². The lowest BCUT2D eigenvalue weighted by Gasteiger charge is -2.29. The lowest BCUT2D eigenvalue weighted by Crippen LogP contribution is -2.29. The highest BCUT2D eigenvalue weighted by Crippen LogP contribution is 2.29. The van der Waals surface area contributed by atoms with Crippen LogP contribution in [0.25, 0.3) is 0 Å². The van der Waals surface area contributed by atoms with Crippen LogP contribution in [0.5, 0.6) is 0 Å². The highest BCUT2D eigenvalue weighted by molar-refractivity contribution is 5.28. The zero-order chi connectivity index (χ0) is 11.5. The minimum atomic E-state index is 0.645. The van der Waals surface area contributed by atoms with Crippen LogP contribution in [0.1, 0.15) is 49.7 Å². The third-order valence-corrected chi connectivity index (χ3v) is 3.77. The topological polar surface area (TPSA) is 3.24 Å². The summed E-state index contributed by atoms with van der Waals surface area (Å²) in [5, 5.41) is 0. The van der Waals surface area contributed by atoms with Gasteiger partial charge in [-0.1, -0.05) is 38.1 Å². The summed E-state index contributed by atoms with van der Waals surface area (Å²) in [5.74, 6) is 1.43. The van der Waals surface area contributed by atoms with Crippen molar-refractivity contribution in [2.75, 3.05) is 20.1 Å². The maximum Gasteiger partial charge on any atom is -0.00159 e. The Morgan fingerprint density at radius 2 is 1.88 bits per heavy atom. The molecule has 1 aromatic rings. The molecule has 0 radical (unpaired) electrons. The van der Waals surface area contributed by atoms with Crippen molar-refractivity contribution in [3.8, 4) is 0 Å². The van der Waals surface area contributed by atoms with E-state index in [1.165, 1.54) is 31.5 Å². The molecule has 1 aliphatic heterocycles. The summed E-state index contributed by atoms with van der Waals surface area (Å²) in [6.45, 7) is 7.04. The van der Waals surface area contributed by atoms with Crippen molar-refractivity contribution in [2.45, 2.75) is 38.5 Å². The van der Waals surface area contributed by atoms with Crippen LogP contribution >= 0.6 is 0 Å². The summed E-state index contributed by atoms with van der Waals surface area (Å²) in [7, 11) is 2.22. The SMILES string of the molecule is CC(C)c1cccc(C2CCN(C)CC2)c1. The molecule has 1 heterocycles. The van der Waals surface area contributed by atoms with Crippen molar-refractivity contribution in [2.24, 2.45) is 0 Å². The lowest BCUT2D eigenvalue weighted by atomic mass is 9.87. The zero-order valence-electron chi connectivity index (χ0n) is 10.7. The molecule has 1 aliphatic rings. The fourth-order valence-electron chi connectivity index (χ4n) is 2.51. The largest absolute Gasteiger partial charge is 0.306 e. The Hall–Kier alpha value is -0.820. The van der Waals surface area contributed by atoms with Crippen molar-refractivity contribution < 1.29 is 0 Å². The second kappa shape index (κ2) is 5.01. The molecular weight excluding hydrogens is 194 g/mol. The number of nitrogens with zero attached hydrogens (tertiary/aromatic N) is 1. The van der Waals surface area contributed by atoms with Gasteiger partial charge in [0.1, 0.15) is 0 Å². The quantitative estimate of drug-likeness (QED) is 0.731. The van der Waals surface area contributed by atoms with E-state index in [9.17, 15) is 0 Å². The fourth-order valence-corrected chi connectivity index (χ4v) is 2.51. The highest BCUT2D eigenvalue weighted by atomic mass is 15.1. The maximum absolute atomic E-state index is 2.43. The summed E-state index contributed by atoms with van der Waals surface area (Å²) < 4.78 is 0. The predicted molar refractivity (Wildman–Crippen MR) is 70.0 cm³/mol. The molecule has 16 heavy (non-hydrogen) atoms. The van der Waals surface area contributed by atoms with Crippen LogP contribution in [0.4, 0.5) is 0 Å². The maximum atomic E-state index is 2.43. The first-order chi connectivity index (χ1) is 7.66. The third-order valence-electron chi connectivity index (χ3n) is 3.77. The van der Waals surface area contributed by atoms with Gasteiger partial charge in [-0.15, -0.1) is 0 Å². The molecule has 1 heteroatoms. The van der Waals surface area contributed by atoms with Gasteiger partial charge in [-0.3, -0.25) is 0 Å². The molecular formula is C15H23N. The van der Waals surface area contributed by atoms with Gasteiger partial charge in [0, 0.05) is 0 Å². The molecule has 0 amide bonds. The number of rotatable bonds is 2. The van der Waals surface area contributed by atoms with E-state index in [1.54, 1.807) is 5.56 Å². The molecule has 0 spiro atoms. The van der Waals surface area contributed by atoms with Gasteiger partial charge in [-0.2, -0.15) is 0 Å². The average molecular weight is 217 g/mol. The molecule has 1 nitrogen and oxygen atoms in total. The van der Waals surface area contributed by atoms with E-state index < -0.39 is 0 Å². The molecule has 0 bridgehead atoms. The lowest BCUT2D eigenvalue weighted by molar-refractivity contribution is 0.255. The summed E-state index contributed by atoms with van der Waals surface area (Å²) >= 11 is 0. The molecule has 0 atom stereocenters. The van der Waals surface area contributed by atoms with Crippen molar-refractivity contribution in [3.05, 3.63) is 35.4 Å². The molecule has 0 unspecified atom stereocenters. The standard InChI is InChI=1S/C15H23N/c1-12(2)14-5-4-6-15(11-14)13-7-9-16(3)10-8-13/h4-6,11-13H,7-10H2,1-3H3. The van der Waals surface area contributed by atoms with Crippen molar-refractivity contribution in [1.82, 2.24) is 4.90 Å². The van der Waals surface area contributed by atoms with Gasteiger partial charge in [-0.25, -0.2) is 0 Å². The molecule has 1 fully saturated rings. The second-order valence-corrected chi connectivity index (χ2v) is 5.40. The second-order valence-electron chi connectivity index (χ2n) is 5.40. The fraction of sp³-hybridized carbons (Fsp3) is 0.600. The molecule has 0 N–H and O–H groups in total. The summed E-state index contributed by atoms with van der Waals surface area (Å²) in [5.41, 5.74) is 3.04. The van der Waals surface area contributed by atoms with E-state index in [1.807, 2.05) is 0 Å². The third kappa shape index (κ3) is 2.65. The van der Waals surface area contributed by atoms with Gasteiger partial charge in [-0.05, 0) is 55.9 Å². The van der Waals surface area contributed by atoms with Crippen molar-refractivity contribution in [1.29, 1.82) is 0 Å². The van der Waals surface area contributed by atoms with Crippen LogP contribution in [0.15, 0.2) is 24.3 Å². The average Bonchev–Trinajstić information content (AvgIpc) is 2.30. The summed E-state index contributed by atoms with van der Waals surface area (Å²) in [4.78, 5) is 2.43. The Kier molecular flexibility index (Phi) is 3.65. The van der Waals surface area contributed by atoms with Gasteiger partial charge in [0.05, 0.1) is 0 Å². The first kappa shape index (κ1) is 11.7. The smallest absolute Gasteiger partial charge is 0.00159 e. The van der Waals surface area contributed by atoms with Crippen LogP contribution in [0, 0.1) is 0 Å². The highest BCUT2D eigenvalue weighted by Gasteiger charge is 2.18. The molecule has 0 saturated carbocycles. The minimum absolute atomic E-state index is 0.645. The van der Waals surface area contributed by atoms with E-state index in [0.29, 0.717) is 5.92 Å². The first-order valence-electron chi connectivity index (χ1n) is 6.45. The predicted octanol–water partition coefficient (Wildman–Crippen LogP) is 3.62. The van der Waals surface area contributed by atoms with Crippen LogP contribution in [0.2, 0.25) is 0 Å². The Bertz CT molecular complexity index is 335. The van der Waals surface area contributed by atoms with Gasteiger partial charge in [0.15, 0.2) is 0 Å². The number of hydrogen-bond acceptors (Lipinski definition) is 1. The minimum Gasteiger partial charge on any atom is -0.306 e. The molecule has 1 saturated heterocycles. The van der Waals surface area contributed by atoms with E-state index in [4.69, 9.17) is 0 Å². The Morgan fingerprint density at radius 1 is 1.19 bits per heavy atom. The first-order valence-corrected chi connectivity index (χ1v) is 6.45. The monoisotopic (exact) mass is 217 g/mol. The van der Waals surface area contributed by atoms with E-state index in [0.717, 1.165) is 5.92 Å². The van der Waals surface area contributed by atoms with Crippen LogP contribution in [-0.4, -0.2) is 25.0 Å². The van der Waals surface area contributed by atoms with Crippen molar-refractivity contribution in [3.63, 3.8) is 0 Å². The van der Waals surface area contributed by atoms with Gasteiger partial charge in [0.2, 0.25) is 0 Å². The van der Waals surface area contributed by atoms with E-state index in [-0.39, 0.29) is 0 Å². The molecule has 0 aliphatic carbocycles.